The van der Waals surface area contributed by atoms with Gasteiger partial charge < -0.3 is 10.6 Å². The molecule has 1 aliphatic carbocycles. The number of hydrogen-bond acceptors (Lipinski definition) is 1. The van der Waals surface area contributed by atoms with Gasteiger partial charge in [-0.05, 0) is 84.1 Å². The third kappa shape index (κ3) is 3.80. The molecule has 26 heavy (non-hydrogen) atoms. The number of thiocarbonyl (C=S) groups is 1. The van der Waals surface area contributed by atoms with Crippen LogP contribution in [-0.4, -0.2) is 5.11 Å². The van der Waals surface area contributed by atoms with E-state index in [0.717, 1.165) is 28.2 Å². The fourth-order valence-corrected chi connectivity index (χ4v) is 4.34. The van der Waals surface area contributed by atoms with E-state index in [0.29, 0.717) is 5.11 Å². The van der Waals surface area contributed by atoms with Crippen molar-refractivity contribution in [3.63, 3.8) is 0 Å². The summed E-state index contributed by atoms with van der Waals surface area (Å²) in [6.07, 6.45) is 5.58. The number of rotatable bonds is 2. The first-order valence-corrected chi connectivity index (χ1v) is 10.6. The average molecular weight is 490 g/mol. The van der Waals surface area contributed by atoms with E-state index in [1.807, 2.05) is 0 Å². The van der Waals surface area contributed by atoms with Crippen LogP contribution in [-0.2, 0) is 0 Å². The molecule has 2 nitrogen and oxygen atoms in total. The van der Waals surface area contributed by atoms with Crippen LogP contribution >= 0.6 is 44.1 Å². The predicted molar refractivity (Wildman–Crippen MR) is 119 cm³/mol. The second-order valence-corrected chi connectivity index (χ2v) is 8.80. The van der Waals surface area contributed by atoms with Gasteiger partial charge >= 0.3 is 0 Å². The van der Waals surface area contributed by atoms with Crippen LogP contribution in [0.25, 0.3) is 6.08 Å². The van der Waals surface area contributed by atoms with Gasteiger partial charge in [-0.1, -0.05) is 56.1 Å². The predicted octanol–water partition coefficient (Wildman–Crippen LogP) is 6.25. The van der Waals surface area contributed by atoms with Gasteiger partial charge in [0.25, 0.3) is 0 Å². The average Bonchev–Trinajstić information content (AvgIpc) is 2.64. The summed E-state index contributed by atoms with van der Waals surface area (Å²) < 4.78 is 2.19. The van der Waals surface area contributed by atoms with Gasteiger partial charge in [0, 0.05) is 14.6 Å². The van der Waals surface area contributed by atoms with E-state index in [4.69, 9.17) is 12.2 Å². The molecule has 1 atom stereocenters. The second-order valence-electron chi connectivity index (χ2n) is 6.56. The molecular weight excluding hydrogens is 472 g/mol. The van der Waals surface area contributed by atoms with Crippen LogP contribution in [0.1, 0.15) is 36.4 Å². The lowest BCUT2D eigenvalue weighted by Gasteiger charge is -2.36. The summed E-state index contributed by atoms with van der Waals surface area (Å²) in [6, 6.07) is 17.1. The molecule has 0 spiro atoms. The molecule has 132 valence electrons. The molecule has 0 bridgehead atoms. The molecule has 4 rings (SSSR count). The fraction of sp³-hybridized carbons (Fsp3) is 0.190. The van der Waals surface area contributed by atoms with Crippen LogP contribution in [0.4, 0.5) is 0 Å². The van der Waals surface area contributed by atoms with E-state index in [9.17, 15) is 0 Å². The lowest BCUT2D eigenvalue weighted by Crippen LogP contribution is -2.45. The van der Waals surface area contributed by atoms with E-state index in [1.54, 1.807) is 0 Å². The maximum atomic E-state index is 5.51. The zero-order chi connectivity index (χ0) is 18.1. The number of nitrogens with one attached hydrogen (secondary N) is 2. The van der Waals surface area contributed by atoms with Crippen molar-refractivity contribution >= 4 is 55.3 Å². The normalized spacial score (nSPS) is 21.2. The van der Waals surface area contributed by atoms with Crippen molar-refractivity contribution in [2.45, 2.75) is 25.3 Å². The van der Waals surface area contributed by atoms with Crippen LogP contribution < -0.4 is 10.6 Å². The van der Waals surface area contributed by atoms with Gasteiger partial charge in [0.15, 0.2) is 5.11 Å². The van der Waals surface area contributed by atoms with Gasteiger partial charge in [0.2, 0.25) is 0 Å². The van der Waals surface area contributed by atoms with Gasteiger partial charge in [0.05, 0.1) is 6.04 Å². The SMILES string of the molecule is S=C1NC2=C(CCCC2=Cc2ccc(Br)cc2)C(c2ccc(Br)cc2)N1. The van der Waals surface area contributed by atoms with Gasteiger partial charge in [-0.2, -0.15) is 0 Å². The largest absolute Gasteiger partial charge is 0.352 e. The monoisotopic (exact) mass is 488 g/mol. The summed E-state index contributed by atoms with van der Waals surface area (Å²) in [6.45, 7) is 0. The van der Waals surface area contributed by atoms with Crippen molar-refractivity contribution in [3.05, 3.63) is 85.4 Å². The first-order chi connectivity index (χ1) is 12.6. The number of benzene rings is 2. The molecule has 0 fully saturated rings. The first kappa shape index (κ1) is 18.0. The molecule has 0 saturated heterocycles. The molecule has 2 aliphatic rings. The topological polar surface area (TPSA) is 24.1 Å². The molecule has 0 saturated carbocycles. The molecule has 0 radical (unpaired) electrons. The molecule has 0 amide bonds. The third-order valence-corrected chi connectivity index (χ3v) is 6.09. The van der Waals surface area contributed by atoms with Gasteiger partial charge in [-0.25, -0.2) is 0 Å². The highest BCUT2D eigenvalue weighted by Gasteiger charge is 2.30. The van der Waals surface area contributed by atoms with Gasteiger partial charge in [-0.15, -0.1) is 0 Å². The molecule has 1 heterocycles. The maximum absolute atomic E-state index is 5.51. The summed E-state index contributed by atoms with van der Waals surface area (Å²) in [5.41, 5.74) is 6.39. The zero-order valence-electron chi connectivity index (χ0n) is 14.1. The Morgan fingerprint density at radius 1 is 0.923 bits per heavy atom. The Bertz CT molecular complexity index is 899. The van der Waals surface area contributed by atoms with Crippen molar-refractivity contribution in [1.29, 1.82) is 0 Å². The van der Waals surface area contributed by atoms with Crippen molar-refractivity contribution in [2.75, 3.05) is 0 Å². The van der Waals surface area contributed by atoms with E-state index >= 15 is 0 Å². The smallest absolute Gasteiger partial charge is 0.171 e. The molecule has 2 aromatic carbocycles. The van der Waals surface area contributed by atoms with Crippen molar-refractivity contribution in [1.82, 2.24) is 10.6 Å². The number of hydrogen-bond donors (Lipinski definition) is 2. The third-order valence-electron chi connectivity index (χ3n) is 4.81. The maximum Gasteiger partial charge on any atom is 0.171 e. The van der Waals surface area contributed by atoms with E-state index in [-0.39, 0.29) is 6.04 Å². The lowest BCUT2D eigenvalue weighted by molar-refractivity contribution is 0.609. The van der Waals surface area contributed by atoms with Crippen LogP contribution in [0, 0.1) is 0 Å². The summed E-state index contributed by atoms with van der Waals surface area (Å²) in [5.74, 6) is 0. The molecule has 1 aliphatic heterocycles. The Morgan fingerprint density at radius 2 is 1.58 bits per heavy atom. The Hall–Kier alpha value is -1.43. The first-order valence-electron chi connectivity index (χ1n) is 8.63. The van der Waals surface area contributed by atoms with Crippen LogP contribution in [0.3, 0.4) is 0 Å². The van der Waals surface area contributed by atoms with Crippen LogP contribution in [0.2, 0.25) is 0 Å². The lowest BCUT2D eigenvalue weighted by atomic mass is 9.83. The summed E-state index contributed by atoms with van der Waals surface area (Å²) in [4.78, 5) is 0. The van der Waals surface area contributed by atoms with Crippen molar-refractivity contribution < 1.29 is 0 Å². The van der Waals surface area contributed by atoms with E-state index < -0.39 is 0 Å². The molecule has 2 N–H and O–H groups in total. The minimum Gasteiger partial charge on any atom is -0.352 e. The number of halogens is 2. The van der Waals surface area contributed by atoms with Gasteiger partial charge in [-0.3, -0.25) is 0 Å². The van der Waals surface area contributed by atoms with Crippen molar-refractivity contribution in [2.24, 2.45) is 0 Å². The minimum absolute atomic E-state index is 0.139. The molecular formula is C21H18Br2N2S. The molecule has 0 aromatic heterocycles. The van der Waals surface area contributed by atoms with Crippen molar-refractivity contribution in [3.8, 4) is 0 Å². The van der Waals surface area contributed by atoms with Crippen LogP contribution in [0.5, 0.6) is 0 Å². The molecule has 1 unspecified atom stereocenters. The van der Waals surface area contributed by atoms with Gasteiger partial charge in [0.1, 0.15) is 0 Å². The fourth-order valence-electron chi connectivity index (χ4n) is 3.59. The van der Waals surface area contributed by atoms with E-state index in [2.05, 4.69) is 97.1 Å². The second kappa shape index (κ2) is 7.67. The summed E-state index contributed by atoms with van der Waals surface area (Å²) in [5, 5.41) is 7.58. The quantitative estimate of drug-likeness (QED) is 0.487. The van der Waals surface area contributed by atoms with E-state index in [1.165, 1.54) is 28.0 Å². The minimum atomic E-state index is 0.139. The molecule has 2 aromatic rings. The molecule has 5 heteroatoms. The Morgan fingerprint density at radius 3 is 2.27 bits per heavy atom. The number of allylic oxidation sites excluding steroid dienone is 1. The summed E-state index contributed by atoms with van der Waals surface area (Å²) >= 11 is 12.5. The summed E-state index contributed by atoms with van der Waals surface area (Å²) in [7, 11) is 0. The standard InChI is InChI=1S/C21H18Br2N2S/c22-16-8-4-13(5-9-16)12-15-2-1-3-18-19(24-21(26)25-20(15)18)14-6-10-17(23)11-7-14/h4-12,19H,1-3H2,(H2,24,25,26). The Kier molecular flexibility index (Phi) is 5.30. The Labute approximate surface area is 176 Å². The highest BCUT2D eigenvalue weighted by Crippen LogP contribution is 2.38. The zero-order valence-corrected chi connectivity index (χ0v) is 18.0. The Balaban J connectivity index is 1.75. The highest BCUT2D eigenvalue weighted by atomic mass is 79.9. The van der Waals surface area contributed by atoms with Crippen LogP contribution in [0.15, 0.2) is 74.3 Å². The highest BCUT2D eigenvalue weighted by molar-refractivity contribution is 9.10.